The van der Waals surface area contributed by atoms with E-state index in [4.69, 9.17) is 4.74 Å². The van der Waals surface area contributed by atoms with Crippen LogP contribution < -0.4 is 5.32 Å². The van der Waals surface area contributed by atoms with Crippen LogP contribution in [0.4, 0.5) is 0 Å². The number of rotatable bonds is 6. The zero-order valence-corrected chi connectivity index (χ0v) is 16.0. The third kappa shape index (κ3) is 4.16. The number of aromatic nitrogens is 3. The quantitative estimate of drug-likeness (QED) is 0.711. The molecule has 2 aromatic heterocycles. The number of morpholine rings is 1. The SMILES string of the molecule is Cn1ncc(C(=O)NCc2ccc(CN3CCOCC3)cc2)c1-n1cccc1. The first-order chi connectivity index (χ1) is 13.7. The Balaban J connectivity index is 1.36. The van der Waals surface area contributed by atoms with Crippen molar-refractivity contribution in [1.82, 2.24) is 24.6 Å². The van der Waals surface area contributed by atoms with Crippen LogP contribution >= 0.6 is 0 Å². The van der Waals surface area contributed by atoms with Crippen molar-refractivity contribution in [2.45, 2.75) is 13.1 Å². The molecule has 1 N–H and O–H groups in total. The number of nitrogens with zero attached hydrogens (tertiary/aromatic N) is 4. The third-order valence-electron chi connectivity index (χ3n) is 4.99. The first-order valence-electron chi connectivity index (χ1n) is 9.52. The van der Waals surface area contributed by atoms with Gasteiger partial charge in [-0.25, -0.2) is 0 Å². The summed E-state index contributed by atoms with van der Waals surface area (Å²) < 4.78 is 8.99. The fourth-order valence-electron chi connectivity index (χ4n) is 3.43. The Morgan fingerprint density at radius 2 is 1.79 bits per heavy atom. The second-order valence-electron chi connectivity index (χ2n) is 6.98. The second kappa shape index (κ2) is 8.41. The number of carbonyl (C=O) groups is 1. The molecule has 0 aliphatic carbocycles. The van der Waals surface area contributed by atoms with Gasteiger partial charge in [0.2, 0.25) is 0 Å². The predicted molar refractivity (Wildman–Crippen MR) is 106 cm³/mol. The van der Waals surface area contributed by atoms with Gasteiger partial charge >= 0.3 is 0 Å². The highest BCUT2D eigenvalue weighted by atomic mass is 16.5. The van der Waals surface area contributed by atoms with Gasteiger partial charge in [-0.15, -0.1) is 0 Å². The first kappa shape index (κ1) is 18.5. The summed E-state index contributed by atoms with van der Waals surface area (Å²) in [6.45, 7) is 4.99. The number of hydrogen-bond donors (Lipinski definition) is 1. The standard InChI is InChI=1S/C21H25N5O2/c1-24-21(26-8-2-3-9-26)19(15-23-24)20(27)22-14-17-4-6-18(7-5-17)16-25-10-12-28-13-11-25/h2-9,15H,10-14,16H2,1H3,(H,22,27). The molecular weight excluding hydrogens is 354 g/mol. The van der Waals surface area contributed by atoms with E-state index >= 15 is 0 Å². The van der Waals surface area contributed by atoms with Crippen LogP contribution in [0.2, 0.25) is 0 Å². The van der Waals surface area contributed by atoms with Gasteiger partial charge in [-0.3, -0.25) is 14.4 Å². The van der Waals surface area contributed by atoms with Crippen LogP contribution in [-0.2, 0) is 24.9 Å². The lowest BCUT2D eigenvalue weighted by atomic mass is 10.1. The molecule has 28 heavy (non-hydrogen) atoms. The van der Waals surface area contributed by atoms with Gasteiger partial charge in [0.05, 0.1) is 19.4 Å². The van der Waals surface area contributed by atoms with E-state index < -0.39 is 0 Å². The summed E-state index contributed by atoms with van der Waals surface area (Å²) in [6.07, 6.45) is 5.41. The van der Waals surface area contributed by atoms with E-state index in [1.807, 2.05) is 36.1 Å². The van der Waals surface area contributed by atoms with E-state index in [1.54, 1.807) is 10.9 Å². The Labute approximate surface area is 164 Å². The van der Waals surface area contributed by atoms with Crippen molar-refractivity contribution >= 4 is 5.91 Å². The van der Waals surface area contributed by atoms with Gasteiger partial charge in [0, 0.05) is 45.6 Å². The highest BCUT2D eigenvalue weighted by Crippen LogP contribution is 2.14. The molecule has 1 aliphatic heterocycles. The van der Waals surface area contributed by atoms with E-state index in [-0.39, 0.29) is 5.91 Å². The molecule has 0 spiro atoms. The lowest BCUT2D eigenvalue weighted by Gasteiger charge is -2.26. The molecule has 146 valence electrons. The van der Waals surface area contributed by atoms with Crippen molar-refractivity contribution in [2.75, 3.05) is 26.3 Å². The van der Waals surface area contributed by atoms with Crippen LogP contribution in [0, 0.1) is 0 Å². The van der Waals surface area contributed by atoms with Gasteiger partial charge in [0.15, 0.2) is 0 Å². The van der Waals surface area contributed by atoms with Crippen molar-refractivity contribution in [2.24, 2.45) is 7.05 Å². The topological polar surface area (TPSA) is 64.3 Å². The number of nitrogens with one attached hydrogen (secondary N) is 1. The van der Waals surface area contributed by atoms with Crippen LogP contribution in [0.25, 0.3) is 5.82 Å². The monoisotopic (exact) mass is 379 g/mol. The smallest absolute Gasteiger partial charge is 0.256 e. The maximum Gasteiger partial charge on any atom is 0.256 e. The molecule has 1 aromatic carbocycles. The van der Waals surface area contributed by atoms with E-state index in [9.17, 15) is 4.79 Å². The van der Waals surface area contributed by atoms with E-state index in [2.05, 4.69) is 39.6 Å². The highest BCUT2D eigenvalue weighted by Gasteiger charge is 2.17. The number of ether oxygens (including phenoxy) is 1. The van der Waals surface area contributed by atoms with E-state index in [0.29, 0.717) is 12.1 Å². The largest absolute Gasteiger partial charge is 0.379 e. The van der Waals surface area contributed by atoms with Crippen molar-refractivity contribution in [1.29, 1.82) is 0 Å². The molecule has 7 heteroatoms. The molecule has 1 saturated heterocycles. The minimum Gasteiger partial charge on any atom is -0.379 e. The summed E-state index contributed by atoms with van der Waals surface area (Å²) in [5, 5.41) is 7.24. The summed E-state index contributed by atoms with van der Waals surface area (Å²) in [4.78, 5) is 15.1. The Morgan fingerprint density at radius 3 is 2.50 bits per heavy atom. The molecule has 0 radical (unpaired) electrons. The van der Waals surface area contributed by atoms with Crippen LogP contribution in [0.5, 0.6) is 0 Å². The summed E-state index contributed by atoms with van der Waals surface area (Å²) in [5.74, 6) is 0.623. The van der Waals surface area contributed by atoms with E-state index in [1.165, 1.54) is 5.56 Å². The number of amides is 1. The maximum atomic E-state index is 12.7. The molecule has 1 amide bonds. The van der Waals surface area contributed by atoms with Crippen molar-refractivity contribution in [3.8, 4) is 5.82 Å². The maximum absolute atomic E-state index is 12.7. The lowest BCUT2D eigenvalue weighted by molar-refractivity contribution is 0.0342. The van der Waals surface area contributed by atoms with Crippen molar-refractivity contribution < 1.29 is 9.53 Å². The zero-order chi connectivity index (χ0) is 19.3. The van der Waals surface area contributed by atoms with Gasteiger partial charge in [0.1, 0.15) is 11.4 Å². The zero-order valence-electron chi connectivity index (χ0n) is 16.0. The summed E-state index contributed by atoms with van der Waals surface area (Å²) in [6, 6.07) is 12.3. The molecule has 0 saturated carbocycles. The minimum absolute atomic E-state index is 0.130. The van der Waals surface area contributed by atoms with Gasteiger partial charge in [-0.2, -0.15) is 5.10 Å². The van der Waals surface area contributed by atoms with Gasteiger partial charge in [-0.1, -0.05) is 24.3 Å². The molecule has 0 atom stereocenters. The van der Waals surface area contributed by atoms with Gasteiger partial charge in [0.25, 0.3) is 5.91 Å². The Morgan fingerprint density at radius 1 is 1.11 bits per heavy atom. The molecule has 1 aliphatic rings. The molecule has 0 bridgehead atoms. The third-order valence-corrected chi connectivity index (χ3v) is 4.99. The molecule has 3 aromatic rings. The Hall–Kier alpha value is -2.90. The van der Waals surface area contributed by atoms with Crippen LogP contribution in [0.3, 0.4) is 0 Å². The highest BCUT2D eigenvalue weighted by molar-refractivity contribution is 5.97. The van der Waals surface area contributed by atoms with Crippen molar-refractivity contribution in [3.63, 3.8) is 0 Å². The second-order valence-corrected chi connectivity index (χ2v) is 6.98. The number of hydrogen-bond acceptors (Lipinski definition) is 4. The van der Waals surface area contributed by atoms with Crippen LogP contribution in [0.1, 0.15) is 21.5 Å². The molecule has 7 nitrogen and oxygen atoms in total. The number of carbonyl (C=O) groups excluding carboxylic acids is 1. The fraction of sp³-hybridized carbons (Fsp3) is 0.333. The lowest BCUT2D eigenvalue weighted by Crippen LogP contribution is -2.35. The average Bonchev–Trinajstić information content (AvgIpc) is 3.37. The minimum atomic E-state index is -0.130. The number of benzene rings is 1. The van der Waals surface area contributed by atoms with Gasteiger partial charge < -0.3 is 14.6 Å². The summed E-state index contributed by atoms with van der Waals surface area (Å²) >= 11 is 0. The molecule has 0 unspecified atom stereocenters. The van der Waals surface area contributed by atoms with Crippen LogP contribution in [-0.4, -0.2) is 51.5 Å². The van der Waals surface area contributed by atoms with Crippen LogP contribution in [0.15, 0.2) is 55.0 Å². The molecule has 3 heterocycles. The summed E-state index contributed by atoms with van der Waals surface area (Å²) in [5.41, 5.74) is 2.91. The summed E-state index contributed by atoms with van der Waals surface area (Å²) in [7, 11) is 1.83. The molecule has 1 fully saturated rings. The molecule has 4 rings (SSSR count). The first-order valence-corrected chi connectivity index (χ1v) is 9.52. The normalized spacial score (nSPS) is 14.9. The molecular formula is C21H25N5O2. The van der Waals surface area contributed by atoms with Crippen molar-refractivity contribution in [3.05, 3.63) is 71.7 Å². The predicted octanol–water partition coefficient (Wildman–Crippen LogP) is 1.97. The van der Waals surface area contributed by atoms with E-state index in [0.717, 1.165) is 44.2 Å². The Bertz CT molecular complexity index is 909. The van der Waals surface area contributed by atoms with Gasteiger partial charge in [-0.05, 0) is 23.3 Å². The Kier molecular flexibility index (Phi) is 5.55. The number of aryl methyl sites for hydroxylation is 1. The average molecular weight is 379 g/mol. The fourth-order valence-corrected chi connectivity index (χ4v) is 3.43.